The Bertz CT molecular complexity index is 1240. The Hall–Kier alpha value is -4.08. The van der Waals surface area contributed by atoms with Crippen molar-refractivity contribution in [3.8, 4) is 17.3 Å². The number of nitrogens with zero attached hydrogens (tertiary/aromatic N) is 3. The zero-order valence-electron chi connectivity index (χ0n) is 20.0. The lowest BCUT2D eigenvalue weighted by Crippen LogP contribution is -2.46. The lowest BCUT2D eigenvalue weighted by Gasteiger charge is -2.27. The minimum Gasteiger partial charge on any atom is -0.325 e. The smallest absolute Gasteiger partial charge is 0.242 e. The van der Waals surface area contributed by atoms with Gasteiger partial charge in [0.15, 0.2) is 0 Å². The second kappa shape index (κ2) is 11.4. The van der Waals surface area contributed by atoms with E-state index in [0.29, 0.717) is 12.1 Å². The van der Waals surface area contributed by atoms with E-state index in [4.69, 9.17) is 5.26 Å². The predicted molar refractivity (Wildman–Crippen MR) is 139 cm³/mol. The minimum absolute atomic E-state index is 0.0649. The molecular formula is C29H29N5O. The summed E-state index contributed by atoms with van der Waals surface area (Å²) < 4.78 is 0. The SMILES string of the molecule is Cc1ccc(-c2ccc(NC(=O)C(NCC(C)c3ccc(C#N)cc3)C3C=CC=CC3)cc2)nn1. The molecule has 2 N–H and O–H groups in total. The molecule has 1 amide bonds. The molecule has 0 saturated carbocycles. The van der Waals surface area contributed by atoms with Crippen LogP contribution in [0.4, 0.5) is 5.69 Å². The van der Waals surface area contributed by atoms with Crippen molar-refractivity contribution in [2.45, 2.75) is 32.2 Å². The third-order valence-electron chi connectivity index (χ3n) is 6.22. The molecule has 6 nitrogen and oxygen atoms in total. The van der Waals surface area contributed by atoms with Crippen molar-refractivity contribution in [2.24, 2.45) is 5.92 Å². The number of allylic oxidation sites excluding steroid dienone is 3. The summed E-state index contributed by atoms with van der Waals surface area (Å²) in [5.41, 5.74) is 5.12. The van der Waals surface area contributed by atoms with Gasteiger partial charge in [-0.15, -0.1) is 0 Å². The largest absolute Gasteiger partial charge is 0.325 e. The normalized spacial score (nSPS) is 16.3. The Labute approximate surface area is 206 Å². The molecule has 6 heteroatoms. The number of aryl methyl sites for hydroxylation is 1. The molecule has 35 heavy (non-hydrogen) atoms. The van der Waals surface area contributed by atoms with Crippen molar-refractivity contribution >= 4 is 11.6 Å². The maximum absolute atomic E-state index is 13.3. The fourth-order valence-corrected chi connectivity index (χ4v) is 4.09. The zero-order valence-corrected chi connectivity index (χ0v) is 20.0. The van der Waals surface area contributed by atoms with Crippen molar-refractivity contribution in [1.82, 2.24) is 15.5 Å². The van der Waals surface area contributed by atoms with Crippen LogP contribution in [0.25, 0.3) is 11.3 Å². The quantitative estimate of drug-likeness (QED) is 0.482. The highest BCUT2D eigenvalue weighted by molar-refractivity contribution is 5.95. The van der Waals surface area contributed by atoms with E-state index >= 15 is 0 Å². The first kappa shape index (κ1) is 24.1. The Morgan fingerprint density at radius 3 is 2.46 bits per heavy atom. The average Bonchev–Trinajstić information content (AvgIpc) is 2.90. The van der Waals surface area contributed by atoms with Crippen LogP contribution in [-0.2, 0) is 4.79 Å². The van der Waals surface area contributed by atoms with Crippen LogP contribution in [0.15, 0.2) is 85.0 Å². The van der Waals surface area contributed by atoms with Gasteiger partial charge in [-0.25, -0.2) is 0 Å². The van der Waals surface area contributed by atoms with E-state index in [0.717, 1.165) is 34.6 Å². The first-order valence-corrected chi connectivity index (χ1v) is 11.8. The monoisotopic (exact) mass is 463 g/mol. The van der Waals surface area contributed by atoms with Gasteiger partial charge in [0, 0.05) is 23.7 Å². The van der Waals surface area contributed by atoms with Gasteiger partial charge in [0.1, 0.15) is 0 Å². The summed E-state index contributed by atoms with van der Waals surface area (Å²) >= 11 is 0. The van der Waals surface area contributed by atoms with E-state index in [1.807, 2.05) is 79.7 Å². The van der Waals surface area contributed by atoms with E-state index in [2.05, 4.69) is 46.0 Å². The molecule has 1 aliphatic carbocycles. The number of nitrogens with one attached hydrogen (secondary N) is 2. The van der Waals surface area contributed by atoms with Crippen molar-refractivity contribution in [2.75, 3.05) is 11.9 Å². The van der Waals surface area contributed by atoms with Gasteiger partial charge in [0.25, 0.3) is 0 Å². The van der Waals surface area contributed by atoms with Gasteiger partial charge in [-0.05, 0) is 61.2 Å². The summed E-state index contributed by atoms with van der Waals surface area (Å²) in [6, 6.07) is 20.9. The van der Waals surface area contributed by atoms with Crippen LogP contribution in [0.2, 0.25) is 0 Å². The summed E-state index contributed by atoms with van der Waals surface area (Å²) in [4.78, 5) is 13.3. The van der Waals surface area contributed by atoms with E-state index < -0.39 is 0 Å². The fourth-order valence-electron chi connectivity index (χ4n) is 4.09. The molecule has 3 unspecified atom stereocenters. The van der Waals surface area contributed by atoms with Gasteiger partial charge in [-0.2, -0.15) is 15.5 Å². The Kier molecular flexibility index (Phi) is 7.81. The Morgan fingerprint density at radius 2 is 1.83 bits per heavy atom. The number of nitriles is 1. The molecule has 4 rings (SSSR count). The number of carbonyl (C=O) groups excluding carboxylic acids is 1. The molecule has 0 radical (unpaired) electrons. The third kappa shape index (κ3) is 6.28. The predicted octanol–water partition coefficient (Wildman–Crippen LogP) is 5.16. The van der Waals surface area contributed by atoms with Crippen LogP contribution in [0.1, 0.15) is 36.1 Å². The highest BCUT2D eigenvalue weighted by atomic mass is 16.2. The van der Waals surface area contributed by atoms with Gasteiger partial charge < -0.3 is 10.6 Å². The molecule has 2 aromatic carbocycles. The minimum atomic E-state index is -0.375. The standard InChI is InChI=1S/C29H29N5O/c1-20(23-11-9-22(18-30)10-12-23)19-31-28(25-6-4-3-5-7-25)29(35)32-26-15-13-24(14-16-26)27-17-8-21(2)33-34-27/h3-6,8-17,20,25,28,31H,7,19H2,1-2H3,(H,32,35). The van der Waals surface area contributed by atoms with Gasteiger partial charge in [-0.1, -0.05) is 55.5 Å². The number of carbonyl (C=O) groups is 1. The number of hydrogen-bond acceptors (Lipinski definition) is 5. The number of hydrogen-bond donors (Lipinski definition) is 2. The number of benzene rings is 2. The number of rotatable bonds is 8. The number of amides is 1. The molecule has 1 aromatic heterocycles. The van der Waals surface area contributed by atoms with E-state index in [1.54, 1.807) is 0 Å². The summed E-state index contributed by atoms with van der Waals surface area (Å²) in [6.45, 7) is 4.66. The van der Waals surface area contributed by atoms with E-state index in [1.165, 1.54) is 0 Å². The average molecular weight is 464 g/mol. The number of aromatic nitrogens is 2. The van der Waals surface area contributed by atoms with Crippen LogP contribution in [0.3, 0.4) is 0 Å². The van der Waals surface area contributed by atoms with Crippen LogP contribution in [0.5, 0.6) is 0 Å². The van der Waals surface area contributed by atoms with Crippen molar-refractivity contribution in [3.05, 3.63) is 102 Å². The molecule has 0 bridgehead atoms. The molecule has 1 aliphatic rings. The van der Waals surface area contributed by atoms with Crippen LogP contribution < -0.4 is 10.6 Å². The second-order valence-corrected chi connectivity index (χ2v) is 8.86. The molecule has 0 aliphatic heterocycles. The second-order valence-electron chi connectivity index (χ2n) is 8.86. The molecule has 3 aromatic rings. The van der Waals surface area contributed by atoms with Crippen molar-refractivity contribution in [3.63, 3.8) is 0 Å². The molecule has 0 spiro atoms. The van der Waals surface area contributed by atoms with Gasteiger partial charge in [0.2, 0.25) is 5.91 Å². The van der Waals surface area contributed by atoms with Crippen LogP contribution in [-0.4, -0.2) is 28.7 Å². The zero-order chi connectivity index (χ0) is 24.6. The fraction of sp³-hybridized carbons (Fsp3) is 0.241. The third-order valence-corrected chi connectivity index (χ3v) is 6.22. The van der Waals surface area contributed by atoms with Crippen molar-refractivity contribution < 1.29 is 4.79 Å². The lowest BCUT2D eigenvalue weighted by molar-refractivity contribution is -0.119. The lowest BCUT2D eigenvalue weighted by atomic mass is 9.91. The molecule has 1 heterocycles. The topological polar surface area (TPSA) is 90.7 Å². The van der Waals surface area contributed by atoms with Gasteiger partial charge >= 0.3 is 0 Å². The first-order chi connectivity index (χ1) is 17.0. The summed E-state index contributed by atoms with van der Waals surface area (Å²) in [5, 5.41) is 23.9. The first-order valence-electron chi connectivity index (χ1n) is 11.8. The molecule has 176 valence electrons. The highest BCUT2D eigenvalue weighted by Gasteiger charge is 2.27. The molecular weight excluding hydrogens is 434 g/mol. The summed E-state index contributed by atoms with van der Waals surface area (Å²) in [7, 11) is 0. The van der Waals surface area contributed by atoms with Gasteiger partial charge in [-0.3, -0.25) is 4.79 Å². The van der Waals surface area contributed by atoms with Crippen LogP contribution >= 0.6 is 0 Å². The highest BCUT2D eigenvalue weighted by Crippen LogP contribution is 2.22. The summed E-state index contributed by atoms with van der Waals surface area (Å²) in [5.74, 6) is 0.191. The van der Waals surface area contributed by atoms with Crippen LogP contribution in [0, 0.1) is 24.2 Å². The van der Waals surface area contributed by atoms with E-state index in [-0.39, 0.29) is 23.8 Å². The van der Waals surface area contributed by atoms with Crippen molar-refractivity contribution in [1.29, 1.82) is 5.26 Å². The molecule has 0 saturated heterocycles. The molecule has 3 atom stereocenters. The van der Waals surface area contributed by atoms with E-state index in [9.17, 15) is 4.79 Å². The maximum Gasteiger partial charge on any atom is 0.242 e. The molecule has 0 fully saturated rings. The Balaban J connectivity index is 1.43. The maximum atomic E-state index is 13.3. The Morgan fingerprint density at radius 1 is 1.06 bits per heavy atom. The summed E-state index contributed by atoms with van der Waals surface area (Å²) in [6.07, 6.45) is 8.99. The number of anilines is 1. The van der Waals surface area contributed by atoms with Gasteiger partial charge in [0.05, 0.1) is 29.1 Å².